The maximum absolute atomic E-state index is 13.5. The number of hydrogen-bond acceptors (Lipinski definition) is 2. The monoisotopic (exact) mass is 257 g/mol. The molecule has 0 fully saturated rings. The second-order valence-corrected chi connectivity index (χ2v) is 4.39. The van der Waals surface area contributed by atoms with Crippen molar-refractivity contribution in [1.29, 1.82) is 0 Å². The lowest BCUT2D eigenvalue weighted by atomic mass is 10.1. The summed E-state index contributed by atoms with van der Waals surface area (Å²) in [5, 5.41) is 3.21. The smallest absolute Gasteiger partial charge is 0.126 e. The number of nitrogens with one attached hydrogen (secondary N) is 1. The number of aryl methyl sites for hydroxylation is 2. The van der Waals surface area contributed by atoms with Gasteiger partial charge in [0.25, 0.3) is 0 Å². The Labute approximate surface area is 107 Å². The fraction of sp³-hybridized carbons (Fsp3) is 0.571. The SMILES string of the molecule is COCCNCCCCc1cc(F)c(C)cc1F. The fourth-order valence-electron chi connectivity index (χ4n) is 1.74. The molecule has 0 aromatic heterocycles. The molecule has 0 aliphatic carbocycles. The van der Waals surface area contributed by atoms with Crippen molar-refractivity contribution in [2.24, 2.45) is 0 Å². The van der Waals surface area contributed by atoms with Crippen LogP contribution in [0.15, 0.2) is 12.1 Å². The lowest BCUT2D eigenvalue weighted by Gasteiger charge is -2.06. The quantitative estimate of drug-likeness (QED) is 0.723. The number of methoxy groups -OCH3 is 1. The molecule has 1 rings (SSSR count). The molecular formula is C14H21F2NO. The van der Waals surface area contributed by atoms with Gasteiger partial charge >= 0.3 is 0 Å². The van der Waals surface area contributed by atoms with E-state index in [1.807, 2.05) is 0 Å². The summed E-state index contributed by atoms with van der Waals surface area (Å²) in [6, 6.07) is 2.57. The molecule has 102 valence electrons. The van der Waals surface area contributed by atoms with Crippen molar-refractivity contribution >= 4 is 0 Å². The van der Waals surface area contributed by atoms with Gasteiger partial charge in [0.1, 0.15) is 11.6 Å². The van der Waals surface area contributed by atoms with Gasteiger partial charge in [-0.3, -0.25) is 0 Å². The highest BCUT2D eigenvalue weighted by atomic mass is 19.1. The third-order valence-corrected chi connectivity index (χ3v) is 2.86. The largest absolute Gasteiger partial charge is 0.383 e. The Morgan fingerprint density at radius 3 is 2.61 bits per heavy atom. The summed E-state index contributed by atoms with van der Waals surface area (Å²) in [6.45, 7) is 3.96. The normalized spacial score (nSPS) is 10.9. The predicted molar refractivity (Wildman–Crippen MR) is 68.8 cm³/mol. The van der Waals surface area contributed by atoms with Crippen LogP contribution in [0.5, 0.6) is 0 Å². The molecule has 0 aliphatic rings. The van der Waals surface area contributed by atoms with Crippen molar-refractivity contribution in [2.75, 3.05) is 26.8 Å². The van der Waals surface area contributed by atoms with E-state index in [2.05, 4.69) is 5.32 Å². The van der Waals surface area contributed by atoms with Crippen LogP contribution >= 0.6 is 0 Å². The van der Waals surface area contributed by atoms with Gasteiger partial charge in [-0.15, -0.1) is 0 Å². The minimum atomic E-state index is -0.329. The highest BCUT2D eigenvalue weighted by Gasteiger charge is 2.06. The van der Waals surface area contributed by atoms with Gasteiger partial charge in [-0.25, -0.2) is 8.78 Å². The van der Waals surface area contributed by atoms with Gasteiger partial charge in [0.15, 0.2) is 0 Å². The van der Waals surface area contributed by atoms with Crippen molar-refractivity contribution in [2.45, 2.75) is 26.2 Å². The molecule has 2 nitrogen and oxygen atoms in total. The first kappa shape index (κ1) is 15.1. The van der Waals surface area contributed by atoms with Crippen molar-refractivity contribution in [3.05, 3.63) is 34.9 Å². The molecule has 0 radical (unpaired) electrons. The van der Waals surface area contributed by atoms with E-state index in [0.717, 1.165) is 25.9 Å². The zero-order chi connectivity index (χ0) is 13.4. The second-order valence-electron chi connectivity index (χ2n) is 4.39. The van der Waals surface area contributed by atoms with Crippen LogP contribution in [0.4, 0.5) is 8.78 Å². The zero-order valence-corrected chi connectivity index (χ0v) is 11.1. The molecule has 0 bridgehead atoms. The van der Waals surface area contributed by atoms with E-state index in [1.165, 1.54) is 12.1 Å². The molecule has 4 heteroatoms. The Kier molecular flexibility index (Phi) is 6.83. The Bertz CT molecular complexity index is 369. The summed E-state index contributed by atoms with van der Waals surface area (Å²) in [6.07, 6.45) is 2.37. The van der Waals surface area contributed by atoms with Crippen LogP contribution in [0.1, 0.15) is 24.0 Å². The summed E-state index contributed by atoms with van der Waals surface area (Å²) in [5.41, 5.74) is 0.826. The highest BCUT2D eigenvalue weighted by molar-refractivity contribution is 5.25. The minimum Gasteiger partial charge on any atom is -0.383 e. The topological polar surface area (TPSA) is 21.3 Å². The average Bonchev–Trinajstić information content (AvgIpc) is 2.34. The number of hydrogen-bond donors (Lipinski definition) is 1. The van der Waals surface area contributed by atoms with Crippen molar-refractivity contribution in [3.63, 3.8) is 0 Å². The molecule has 1 N–H and O–H groups in total. The summed E-state index contributed by atoms with van der Waals surface area (Å²) in [7, 11) is 1.66. The van der Waals surface area contributed by atoms with Crippen molar-refractivity contribution < 1.29 is 13.5 Å². The van der Waals surface area contributed by atoms with E-state index in [-0.39, 0.29) is 11.6 Å². The number of halogens is 2. The van der Waals surface area contributed by atoms with Gasteiger partial charge in [0.2, 0.25) is 0 Å². The first-order valence-electron chi connectivity index (χ1n) is 6.29. The van der Waals surface area contributed by atoms with Crippen LogP contribution in [-0.2, 0) is 11.2 Å². The fourth-order valence-corrected chi connectivity index (χ4v) is 1.74. The first-order valence-corrected chi connectivity index (χ1v) is 6.29. The Hall–Kier alpha value is -1.00. The number of unbranched alkanes of at least 4 members (excludes halogenated alkanes) is 1. The van der Waals surface area contributed by atoms with Gasteiger partial charge in [0, 0.05) is 13.7 Å². The Morgan fingerprint density at radius 2 is 1.89 bits per heavy atom. The molecule has 0 atom stereocenters. The van der Waals surface area contributed by atoms with Gasteiger partial charge in [0.05, 0.1) is 6.61 Å². The summed E-state index contributed by atoms with van der Waals surface area (Å²) >= 11 is 0. The van der Waals surface area contributed by atoms with Crippen molar-refractivity contribution in [1.82, 2.24) is 5.32 Å². The third-order valence-electron chi connectivity index (χ3n) is 2.86. The predicted octanol–water partition coefficient (Wildman–Crippen LogP) is 2.83. The molecule has 0 amide bonds. The van der Waals surface area contributed by atoms with Gasteiger partial charge in [-0.2, -0.15) is 0 Å². The van der Waals surface area contributed by atoms with Crippen LogP contribution in [0.25, 0.3) is 0 Å². The molecule has 0 spiro atoms. The third kappa shape index (κ3) is 5.10. The van der Waals surface area contributed by atoms with E-state index >= 15 is 0 Å². The standard InChI is InChI=1S/C14H21F2NO/c1-11-9-14(16)12(10-13(11)15)5-3-4-6-17-7-8-18-2/h9-10,17H,3-8H2,1-2H3. The second kappa shape index (κ2) is 8.16. The summed E-state index contributed by atoms with van der Waals surface area (Å²) in [5.74, 6) is -0.633. The van der Waals surface area contributed by atoms with E-state index in [9.17, 15) is 8.78 Å². The van der Waals surface area contributed by atoms with E-state index in [0.29, 0.717) is 24.2 Å². The maximum Gasteiger partial charge on any atom is 0.126 e. The Balaban J connectivity index is 2.25. The number of ether oxygens (including phenoxy) is 1. The maximum atomic E-state index is 13.5. The average molecular weight is 257 g/mol. The zero-order valence-electron chi connectivity index (χ0n) is 11.1. The molecule has 1 aromatic rings. The number of rotatable bonds is 8. The Morgan fingerprint density at radius 1 is 1.11 bits per heavy atom. The van der Waals surface area contributed by atoms with Gasteiger partial charge < -0.3 is 10.1 Å². The highest BCUT2D eigenvalue weighted by Crippen LogP contribution is 2.16. The molecule has 0 saturated carbocycles. The van der Waals surface area contributed by atoms with E-state index in [1.54, 1.807) is 14.0 Å². The molecule has 0 unspecified atom stereocenters. The summed E-state index contributed by atoms with van der Waals surface area (Å²) in [4.78, 5) is 0. The van der Waals surface area contributed by atoms with Crippen LogP contribution in [-0.4, -0.2) is 26.8 Å². The molecule has 0 saturated heterocycles. The summed E-state index contributed by atoms with van der Waals surface area (Å²) < 4.78 is 31.7. The van der Waals surface area contributed by atoms with E-state index in [4.69, 9.17) is 4.74 Å². The van der Waals surface area contributed by atoms with Crippen molar-refractivity contribution in [3.8, 4) is 0 Å². The lowest BCUT2D eigenvalue weighted by molar-refractivity contribution is 0.199. The van der Waals surface area contributed by atoms with Crippen LogP contribution < -0.4 is 5.32 Å². The van der Waals surface area contributed by atoms with E-state index < -0.39 is 0 Å². The van der Waals surface area contributed by atoms with Crippen LogP contribution in [0.2, 0.25) is 0 Å². The molecule has 0 aliphatic heterocycles. The molecule has 0 heterocycles. The minimum absolute atomic E-state index is 0.304. The molecule has 18 heavy (non-hydrogen) atoms. The molecular weight excluding hydrogens is 236 g/mol. The first-order chi connectivity index (χ1) is 8.65. The molecule has 1 aromatic carbocycles. The lowest BCUT2D eigenvalue weighted by Crippen LogP contribution is -2.20. The van der Waals surface area contributed by atoms with Crippen LogP contribution in [0.3, 0.4) is 0 Å². The van der Waals surface area contributed by atoms with Gasteiger partial charge in [-0.05, 0) is 56.0 Å². The van der Waals surface area contributed by atoms with Crippen LogP contribution in [0, 0.1) is 18.6 Å². The van der Waals surface area contributed by atoms with Gasteiger partial charge in [-0.1, -0.05) is 0 Å². The number of benzene rings is 1.